The van der Waals surface area contributed by atoms with E-state index in [-0.39, 0.29) is 23.6 Å². The fraction of sp³-hybridized carbons (Fsp3) is 0.278. The third-order valence-electron chi connectivity index (χ3n) is 3.35. The fourth-order valence-electron chi connectivity index (χ4n) is 2.21. The van der Waals surface area contributed by atoms with Gasteiger partial charge in [-0.2, -0.15) is 0 Å². The number of esters is 1. The van der Waals surface area contributed by atoms with Crippen LogP contribution in [-0.2, 0) is 21.4 Å². The van der Waals surface area contributed by atoms with Crippen LogP contribution in [0.5, 0.6) is 5.75 Å². The fourth-order valence-corrected chi connectivity index (χ4v) is 3.30. The summed E-state index contributed by atoms with van der Waals surface area (Å²) in [4.78, 5) is 12.3. The number of para-hydroxylation sites is 1. The average Bonchev–Trinajstić information content (AvgIpc) is 2.61. The number of rotatable bonds is 8. The standard InChI is InChI=1S/C18H21NO5S/c1-3-19-25(21,22)16-10-7-9-14(12-16)18(20)24-13-15-8-5-6-11-17(15)23-4-2/h5-12,19H,3-4,13H2,1-2H3. The van der Waals surface area contributed by atoms with E-state index < -0.39 is 16.0 Å². The Morgan fingerprint density at radius 3 is 2.56 bits per heavy atom. The lowest BCUT2D eigenvalue weighted by Crippen LogP contribution is -2.23. The quantitative estimate of drug-likeness (QED) is 0.729. The molecule has 0 saturated heterocycles. The molecule has 0 aliphatic carbocycles. The van der Waals surface area contributed by atoms with Crippen molar-refractivity contribution in [1.29, 1.82) is 0 Å². The van der Waals surface area contributed by atoms with Crippen LogP contribution in [0.4, 0.5) is 0 Å². The lowest BCUT2D eigenvalue weighted by atomic mass is 10.2. The molecule has 0 heterocycles. The minimum absolute atomic E-state index is 0.0264. The van der Waals surface area contributed by atoms with Crippen LogP contribution in [0.3, 0.4) is 0 Å². The number of nitrogens with one attached hydrogen (secondary N) is 1. The zero-order chi connectivity index (χ0) is 18.3. The normalized spacial score (nSPS) is 11.1. The first kappa shape index (κ1) is 19.0. The van der Waals surface area contributed by atoms with E-state index >= 15 is 0 Å². The molecule has 0 bridgehead atoms. The van der Waals surface area contributed by atoms with Gasteiger partial charge in [-0.05, 0) is 31.2 Å². The maximum Gasteiger partial charge on any atom is 0.338 e. The molecule has 0 radical (unpaired) electrons. The maximum absolute atomic E-state index is 12.2. The molecular weight excluding hydrogens is 342 g/mol. The van der Waals surface area contributed by atoms with Crippen molar-refractivity contribution in [3.05, 3.63) is 59.7 Å². The van der Waals surface area contributed by atoms with Gasteiger partial charge in [0.25, 0.3) is 0 Å². The zero-order valence-corrected chi connectivity index (χ0v) is 15.0. The molecule has 2 rings (SSSR count). The van der Waals surface area contributed by atoms with E-state index in [1.807, 2.05) is 25.1 Å². The maximum atomic E-state index is 12.2. The number of carbonyl (C=O) groups excluding carboxylic acids is 1. The summed E-state index contributed by atoms with van der Waals surface area (Å²) >= 11 is 0. The van der Waals surface area contributed by atoms with Crippen LogP contribution in [-0.4, -0.2) is 27.5 Å². The Bertz CT molecular complexity index is 833. The van der Waals surface area contributed by atoms with Crippen molar-refractivity contribution >= 4 is 16.0 Å². The van der Waals surface area contributed by atoms with E-state index in [0.717, 1.165) is 5.56 Å². The third kappa shape index (κ3) is 5.04. The lowest BCUT2D eigenvalue weighted by molar-refractivity contribution is 0.0469. The molecule has 0 aliphatic rings. The van der Waals surface area contributed by atoms with E-state index in [9.17, 15) is 13.2 Å². The molecule has 0 spiro atoms. The lowest BCUT2D eigenvalue weighted by Gasteiger charge is -2.11. The Balaban J connectivity index is 2.12. The summed E-state index contributed by atoms with van der Waals surface area (Å²) in [6, 6.07) is 13.0. The SMILES string of the molecule is CCNS(=O)(=O)c1cccc(C(=O)OCc2ccccc2OCC)c1. The Labute approximate surface area is 147 Å². The molecule has 134 valence electrons. The van der Waals surface area contributed by atoms with Gasteiger partial charge in [-0.1, -0.05) is 31.2 Å². The summed E-state index contributed by atoms with van der Waals surface area (Å²) in [6.45, 7) is 4.38. The Morgan fingerprint density at radius 2 is 1.84 bits per heavy atom. The van der Waals surface area contributed by atoms with Crippen molar-refractivity contribution in [3.8, 4) is 5.75 Å². The molecular formula is C18H21NO5S. The molecule has 0 aromatic heterocycles. The smallest absolute Gasteiger partial charge is 0.338 e. The highest BCUT2D eigenvalue weighted by Gasteiger charge is 2.16. The van der Waals surface area contributed by atoms with Gasteiger partial charge in [-0.25, -0.2) is 17.9 Å². The molecule has 0 aliphatic heterocycles. The van der Waals surface area contributed by atoms with Crippen LogP contribution in [0.2, 0.25) is 0 Å². The van der Waals surface area contributed by atoms with Gasteiger partial charge in [0.15, 0.2) is 0 Å². The Hall–Kier alpha value is -2.38. The molecule has 0 amide bonds. The van der Waals surface area contributed by atoms with Crippen LogP contribution in [0.15, 0.2) is 53.4 Å². The Kier molecular flexibility index (Phi) is 6.55. The third-order valence-corrected chi connectivity index (χ3v) is 4.89. The van der Waals surface area contributed by atoms with E-state index in [1.54, 1.807) is 13.0 Å². The van der Waals surface area contributed by atoms with Crippen molar-refractivity contribution < 1.29 is 22.7 Å². The molecule has 25 heavy (non-hydrogen) atoms. The van der Waals surface area contributed by atoms with E-state index in [4.69, 9.17) is 9.47 Å². The summed E-state index contributed by atoms with van der Waals surface area (Å²) in [7, 11) is -3.63. The molecule has 0 saturated carbocycles. The van der Waals surface area contributed by atoms with Gasteiger partial charge in [-0.3, -0.25) is 0 Å². The number of sulfonamides is 1. The number of carbonyl (C=O) groups is 1. The molecule has 0 unspecified atom stereocenters. The number of hydrogen-bond donors (Lipinski definition) is 1. The number of benzene rings is 2. The molecule has 6 nitrogen and oxygen atoms in total. The zero-order valence-electron chi connectivity index (χ0n) is 14.2. The monoisotopic (exact) mass is 363 g/mol. The summed E-state index contributed by atoms with van der Waals surface area (Å²) < 4.78 is 37.2. The van der Waals surface area contributed by atoms with Crippen LogP contribution < -0.4 is 9.46 Å². The van der Waals surface area contributed by atoms with E-state index in [1.165, 1.54) is 24.3 Å². The molecule has 1 N–H and O–H groups in total. The van der Waals surface area contributed by atoms with Gasteiger partial charge in [0, 0.05) is 12.1 Å². The molecule has 0 fully saturated rings. The van der Waals surface area contributed by atoms with Gasteiger partial charge >= 0.3 is 5.97 Å². The van der Waals surface area contributed by atoms with Crippen molar-refractivity contribution in [2.75, 3.05) is 13.2 Å². The largest absolute Gasteiger partial charge is 0.493 e. The van der Waals surface area contributed by atoms with E-state index in [0.29, 0.717) is 12.4 Å². The minimum atomic E-state index is -3.63. The highest BCUT2D eigenvalue weighted by atomic mass is 32.2. The van der Waals surface area contributed by atoms with Gasteiger partial charge < -0.3 is 9.47 Å². The van der Waals surface area contributed by atoms with Crippen LogP contribution in [0.25, 0.3) is 0 Å². The molecule has 0 atom stereocenters. The second-order valence-corrected chi connectivity index (χ2v) is 6.91. The minimum Gasteiger partial charge on any atom is -0.493 e. The summed E-state index contributed by atoms with van der Waals surface area (Å²) in [5, 5.41) is 0. The van der Waals surface area contributed by atoms with Crippen LogP contribution in [0, 0.1) is 0 Å². The summed E-state index contributed by atoms with van der Waals surface area (Å²) in [5.74, 6) is 0.0566. The first-order chi connectivity index (χ1) is 12.0. The summed E-state index contributed by atoms with van der Waals surface area (Å²) in [5.41, 5.74) is 0.919. The second-order valence-electron chi connectivity index (χ2n) is 5.15. The van der Waals surface area contributed by atoms with E-state index in [2.05, 4.69) is 4.72 Å². The van der Waals surface area contributed by atoms with Crippen molar-refractivity contribution in [3.63, 3.8) is 0 Å². The predicted octanol–water partition coefficient (Wildman–Crippen LogP) is 2.74. The highest BCUT2D eigenvalue weighted by molar-refractivity contribution is 7.89. The number of hydrogen-bond acceptors (Lipinski definition) is 5. The Morgan fingerprint density at radius 1 is 1.08 bits per heavy atom. The second kappa shape index (κ2) is 8.64. The van der Waals surface area contributed by atoms with Crippen molar-refractivity contribution in [2.24, 2.45) is 0 Å². The van der Waals surface area contributed by atoms with Gasteiger partial charge in [0.1, 0.15) is 12.4 Å². The number of ether oxygens (including phenoxy) is 2. The molecule has 2 aromatic carbocycles. The molecule has 2 aromatic rings. The highest BCUT2D eigenvalue weighted by Crippen LogP contribution is 2.20. The van der Waals surface area contributed by atoms with Gasteiger partial charge in [0.2, 0.25) is 10.0 Å². The van der Waals surface area contributed by atoms with Crippen molar-refractivity contribution in [2.45, 2.75) is 25.3 Å². The summed E-state index contributed by atoms with van der Waals surface area (Å²) in [6.07, 6.45) is 0. The topological polar surface area (TPSA) is 81.7 Å². The van der Waals surface area contributed by atoms with Crippen molar-refractivity contribution in [1.82, 2.24) is 4.72 Å². The first-order valence-corrected chi connectivity index (χ1v) is 9.43. The molecule has 7 heteroatoms. The predicted molar refractivity (Wildman–Crippen MR) is 94.0 cm³/mol. The van der Waals surface area contributed by atoms with Crippen LogP contribution in [0.1, 0.15) is 29.8 Å². The first-order valence-electron chi connectivity index (χ1n) is 7.95. The van der Waals surface area contributed by atoms with Gasteiger partial charge in [-0.15, -0.1) is 0 Å². The average molecular weight is 363 g/mol. The van der Waals surface area contributed by atoms with Gasteiger partial charge in [0.05, 0.1) is 17.1 Å². The van der Waals surface area contributed by atoms with Crippen LogP contribution >= 0.6 is 0 Å².